The molecule has 1 aromatic carbocycles. The van der Waals surface area contributed by atoms with Crippen LogP contribution in [0.15, 0.2) is 34.9 Å². The van der Waals surface area contributed by atoms with Gasteiger partial charge in [-0.3, -0.25) is 0 Å². The van der Waals surface area contributed by atoms with E-state index in [1.807, 2.05) is 24.3 Å². The molecule has 2 N–H and O–H groups in total. The first kappa shape index (κ1) is 16.6. The highest BCUT2D eigenvalue weighted by Crippen LogP contribution is 2.27. The van der Waals surface area contributed by atoms with Gasteiger partial charge in [-0.05, 0) is 58.6 Å². The van der Waals surface area contributed by atoms with Gasteiger partial charge in [0.25, 0.3) is 0 Å². The molecule has 1 aliphatic rings. The first-order chi connectivity index (χ1) is 11.7. The predicted octanol–water partition coefficient (Wildman–Crippen LogP) is 3.50. The summed E-state index contributed by atoms with van der Waals surface area (Å²) < 4.78 is 11.6. The lowest BCUT2D eigenvalue weighted by molar-refractivity contribution is 0.251. The lowest BCUT2D eigenvalue weighted by atomic mass is 10.1. The van der Waals surface area contributed by atoms with Crippen molar-refractivity contribution in [1.82, 2.24) is 10.3 Å². The Morgan fingerprint density at radius 1 is 1.42 bits per heavy atom. The molecule has 0 unspecified atom stereocenters. The summed E-state index contributed by atoms with van der Waals surface area (Å²) in [6.07, 6.45) is 3.61. The number of hydrogen-bond acceptors (Lipinski definition) is 4. The number of benzene rings is 1. The third-order valence-electron chi connectivity index (χ3n) is 3.69. The summed E-state index contributed by atoms with van der Waals surface area (Å²) in [5, 5.41) is 5.64. The molecule has 24 heavy (non-hydrogen) atoms. The summed E-state index contributed by atoms with van der Waals surface area (Å²) in [6.45, 7) is 1.07. The Hall–Kier alpha value is -2.28. The number of nitrogens with one attached hydrogen (secondary N) is 2. The van der Waals surface area contributed by atoms with E-state index in [9.17, 15) is 4.79 Å². The van der Waals surface area contributed by atoms with Gasteiger partial charge < -0.3 is 20.1 Å². The molecule has 6 nitrogen and oxygen atoms in total. The predicted molar refractivity (Wildman–Crippen MR) is 94.6 cm³/mol. The first-order valence-electron chi connectivity index (χ1n) is 7.64. The molecule has 2 amide bonds. The molecule has 1 aliphatic heterocycles. The molecule has 2 aromatic rings. The van der Waals surface area contributed by atoms with Gasteiger partial charge in [0.2, 0.25) is 5.88 Å². The Labute approximate surface area is 148 Å². The maximum atomic E-state index is 12.1. The van der Waals surface area contributed by atoms with Gasteiger partial charge in [-0.25, -0.2) is 9.78 Å². The molecule has 0 saturated carbocycles. The van der Waals surface area contributed by atoms with Crippen molar-refractivity contribution in [2.75, 3.05) is 19.0 Å². The van der Waals surface area contributed by atoms with Gasteiger partial charge in [-0.1, -0.05) is 0 Å². The average molecular weight is 392 g/mol. The van der Waals surface area contributed by atoms with Crippen LogP contribution in [0.5, 0.6) is 11.6 Å². The summed E-state index contributed by atoms with van der Waals surface area (Å²) in [4.78, 5) is 16.3. The fourth-order valence-corrected chi connectivity index (χ4v) is 2.95. The van der Waals surface area contributed by atoms with Gasteiger partial charge in [0.1, 0.15) is 5.75 Å². The maximum absolute atomic E-state index is 12.1. The van der Waals surface area contributed by atoms with E-state index in [0.717, 1.165) is 46.5 Å². The largest absolute Gasteiger partial charge is 0.493 e. The number of hydrogen-bond donors (Lipinski definition) is 2. The van der Waals surface area contributed by atoms with Gasteiger partial charge in [-0.15, -0.1) is 0 Å². The van der Waals surface area contributed by atoms with E-state index < -0.39 is 0 Å². The lowest BCUT2D eigenvalue weighted by Crippen LogP contribution is -2.28. The number of rotatable bonds is 4. The highest BCUT2D eigenvalue weighted by molar-refractivity contribution is 9.10. The minimum absolute atomic E-state index is 0.284. The molecule has 0 atom stereocenters. The molecule has 3 rings (SSSR count). The van der Waals surface area contributed by atoms with Gasteiger partial charge in [0.05, 0.1) is 13.7 Å². The standard InChI is InChI=1S/C17H18BrN3O3/c1-23-16-12(7-13(18)10-19-16)9-20-17(22)21-14-4-5-15-11(8-14)3-2-6-24-15/h4-5,7-8,10H,2-3,6,9H2,1H3,(H2,20,21,22). The highest BCUT2D eigenvalue weighted by Gasteiger charge is 2.12. The zero-order chi connectivity index (χ0) is 16.9. The topological polar surface area (TPSA) is 72.5 Å². The smallest absolute Gasteiger partial charge is 0.319 e. The molecule has 0 bridgehead atoms. The number of fused-ring (bicyclic) bond motifs is 1. The number of halogens is 1. The van der Waals surface area contributed by atoms with E-state index in [-0.39, 0.29) is 6.03 Å². The van der Waals surface area contributed by atoms with Crippen LogP contribution in [0.1, 0.15) is 17.5 Å². The van der Waals surface area contributed by atoms with Crippen LogP contribution in [0, 0.1) is 0 Å². The minimum Gasteiger partial charge on any atom is -0.493 e. The van der Waals surface area contributed by atoms with E-state index in [4.69, 9.17) is 9.47 Å². The summed E-state index contributed by atoms with van der Waals surface area (Å²) >= 11 is 3.36. The first-order valence-corrected chi connectivity index (χ1v) is 8.44. The molecule has 7 heteroatoms. The molecule has 0 radical (unpaired) electrons. The molecule has 0 spiro atoms. The molecule has 2 heterocycles. The Morgan fingerprint density at radius 3 is 3.12 bits per heavy atom. The van der Waals surface area contributed by atoms with Crippen LogP contribution < -0.4 is 20.1 Å². The third kappa shape index (κ3) is 3.97. The fraction of sp³-hybridized carbons (Fsp3) is 0.294. The van der Waals surface area contributed by atoms with E-state index in [1.54, 1.807) is 13.3 Å². The summed E-state index contributed by atoms with van der Waals surface area (Å²) in [5.41, 5.74) is 2.66. The van der Waals surface area contributed by atoms with Crippen molar-refractivity contribution >= 4 is 27.6 Å². The molecule has 126 valence electrons. The van der Waals surface area contributed by atoms with Gasteiger partial charge in [-0.2, -0.15) is 0 Å². The van der Waals surface area contributed by atoms with E-state index in [1.165, 1.54) is 0 Å². The Morgan fingerprint density at radius 2 is 2.29 bits per heavy atom. The number of nitrogens with zero attached hydrogens (tertiary/aromatic N) is 1. The van der Waals surface area contributed by atoms with Gasteiger partial charge in [0, 0.05) is 28.5 Å². The number of amides is 2. The van der Waals surface area contributed by atoms with Gasteiger partial charge in [0.15, 0.2) is 0 Å². The number of anilines is 1. The molecule has 0 saturated heterocycles. The van der Waals surface area contributed by atoms with Crippen molar-refractivity contribution in [3.63, 3.8) is 0 Å². The molecular weight excluding hydrogens is 374 g/mol. The van der Waals surface area contributed by atoms with Crippen molar-refractivity contribution < 1.29 is 14.3 Å². The van der Waals surface area contributed by atoms with Crippen molar-refractivity contribution in [1.29, 1.82) is 0 Å². The van der Waals surface area contributed by atoms with Crippen LogP contribution in [0.25, 0.3) is 0 Å². The Balaban J connectivity index is 1.61. The van der Waals surface area contributed by atoms with E-state index in [2.05, 4.69) is 31.5 Å². The average Bonchev–Trinajstić information content (AvgIpc) is 2.60. The number of methoxy groups -OCH3 is 1. The lowest BCUT2D eigenvalue weighted by Gasteiger charge is -2.18. The van der Waals surface area contributed by atoms with E-state index >= 15 is 0 Å². The number of urea groups is 1. The molecule has 1 aromatic heterocycles. The second-order valence-corrected chi connectivity index (χ2v) is 6.32. The number of aromatic nitrogens is 1. The normalized spacial score (nSPS) is 12.8. The zero-order valence-corrected chi connectivity index (χ0v) is 14.9. The van der Waals surface area contributed by atoms with E-state index in [0.29, 0.717) is 12.4 Å². The second-order valence-electron chi connectivity index (χ2n) is 5.40. The van der Waals surface area contributed by atoms with Crippen molar-refractivity contribution in [2.45, 2.75) is 19.4 Å². The number of pyridine rings is 1. The number of ether oxygens (including phenoxy) is 2. The summed E-state index contributed by atoms with van der Waals surface area (Å²) in [6, 6.07) is 7.27. The van der Waals surface area contributed by atoms with Crippen LogP contribution in [0.3, 0.4) is 0 Å². The van der Waals surface area contributed by atoms with Crippen LogP contribution >= 0.6 is 15.9 Å². The van der Waals surface area contributed by atoms with Gasteiger partial charge >= 0.3 is 6.03 Å². The number of aryl methyl sites for hydroxylation is 1. The minimum atomic E-state index is -0.284. The van der Waals surface area contributed by atoms with Crippen molar-refractivity contribution in [3.8, 4) is 11.6 Å². The SMILES string of the molecule is COc1ncc(Br)cc1CNC(=O)Nc1ccc2c(c1)CCCO2. The molecular formula is C17H18BrN3O3. The molecule has 0 fully saturated rings. The quantitative estimate of drug-likeness (QED) is 0.836. The van der Waals surface area contributed by atoms with Crippen LogP contribution in [-0.4, -0.2) is 24.7 Å². The maximum Gasteiger partial charge on any atom is 0.319 e. The third-order valence-corrected chi connectivity index (χ3v) is 4.12. The Bertz CT molecular complexity index is 752. The monoisotopic (exact) mass is 391 g/mol. The number of carbonyl (C=O) groups excluding carboxylic acids is 1. The van der Waals surface area contributed by atoms with Crippen LogP contribution in [0.2, 0.25) is 0 Å². The zero-order valence-electron chi connectivity index (χ0n) is 13.3. The fourth-order valence-electron chi connectivity index (χ4n) is 2.57. The van der Waals surface area contributed by atoms with Crippen LogP contribution in [0.4, 0.5) is 10.5 Å². The second kappa shape index (κ2) is 7.53. The van der Waals surface area contributed by atoms with Crippen molar-refractivity contribution in [3.05, 3.63) is 46.1 Å². The summed E-state index contributed by atoms with van der Waals surface area (Å²) in [5.74, 6) is 1.39. The molecule has 0 aliphatic carbocycles. The summed E-state index contributed by atoms with van der Waals surface area (Å²) in [7, 11) is 1.55. The highest BCUT2D eigenvalue weighted by atomic mass is 79.9. The number of carbonyl (C=O) groups is 1. The Kier molecular flexibility index (Phi) is 5.20. The van der Waals surface area contributed by atoms with Crippen molar-refractivity contribution in [2.24, 2.45) is 0 Å². The van der Waals surface area contributed by atoms with Crippen LogP contribution in [-0.2, 0) is 13.0 Å².